The van der Waals surface area contributed by atoms with Crippen molar-refractivity contribution in [3.63, 3.8) is 0 Å². The molecule has 238 valence electrons. The van der Waals surface area contributed by atoms with Gasteiger partial charge in [0, 0.05) is 43.0 Å². The van der Waals surface area contributed by atoms with Gasteiger partial charge in [-0.15, -0.1) is 0 Å². The molecule has 3 N–H and O–H groups in total. The smallest absolute Gasteiger partial charge is 0.276 e. The minimum Gasteiger partial charge on any atom is -0.392 e. The number of ether oxygens (including phenoxy) is 2. The van der Waals surface area contributed by atoms with Crippen molar-refractivity contribution in [3.05, 3.63) is 95.6 Å². The maximum atomic E-state index is 13.1. The zero-order chi connectivity index (χ0) is 31.6. The average Bonchev–Trinajstić information content (AvgIpc) is 3.37. The Bertz CT molecular complexity index is 1480. The summed E-state index contributed by atoms with van der Waals surface area (Å²) in [5, 5.41) is 15.2. The van der Waals surface area contributed by atoms with E-state index in [1.54, 1.807) is 12.1 Å². The van der Waals surface area contributed by atoms with Crippen molar-refractivity contribution in [2.75, 3.05) is 36.5 Å². The van der Waals surface area contributed by atoms with E-state index >= 15 is 0 Å². The summed E-state index contributed by atoms with van der Waals surface area (Å²) in [6, 6.07) is 24.9. The predicted molar refractivity (Wildman–Crippen MR) is 174 cm³/mol. The first-order valence-electron chi connectivity index (χ1n) is 15.0. The number of para-hydroxylation sites is 1. The maximum absolute atomic E-state index is 13.1. The van der Waals surface area contributed by atoms with Crippen LogP contribution in [0.1, 0.15) is 48.3 Å². The van der Waals surface area contributed by atoms with Crippen LogP contribution in [0.2, 0.25) is 0 Å². The number of benzene rings is 3. The SMILES string of the molecule is O=C(Nc1ccc([C@@H]2O[C@H](CN3CCC4(CC3)C(=O)NCN4c3ccccc3)C[C@H](c3ccc(CO)cc3)O2)cc1)C(Cl)(Cl)Cl. The number of halogens is 3. The van der Waals surface area contributed by atoms with E-state index in [4.69, 9.17) is 44.3 Å². The maximum Gasteiger partial charge on any atom is 0.276 e. The summed E-state index contributed by atoms with van der Waals surface area (Å²) in [5.41, 5.74) is 3.57. The van der Waals surface area contributed by atoms with Gasteiger partial charge in [-0.2, -0.15) is 0 Å². The van der Waals surface area contributed by atoms with Crippen LogP contribution in [-0.2, 0) is 25.7 Å². The van der Waals surface area contributed by atoms with Gasteiger partial charge >= 0.3 is 0 Å². The van der Waals surface area contributed by atoms with E-state index < -0.39 is 21.5 Å². The van der Waals surface area contributed by atoms with Crippen LogP contribution in [0, 0.1) is 0 Å². The molecule has 3 fully saturated rings. The number of carbonyl (C=O) groups excluding carboxylic acids is 2. The largest absolute Gasteiger partial charge is 0.392 e. The molecule has 0 aromatic heterocycles. The summed E-state index contributed by atoms with van der Waals surface area (Å²) in [7, 11) is 0. The number of carbonyl (C=O) groups is 2. The first kappa shape index (κ1) is 32.1. The minimum absolute atomic E-state index is 0.0303. The predicted octanol–water partition coefficient (Wildman–Crippen LogP) is 5.46. The van der Waals surface area contributed by atoms with E-state index in [-0.39, 0.29) is 24.7 Å². The summed E-state index contributed by atoms with van der Waals surface area (Å²) in [6.45, 7) is 2.69. The lowest BCUT2D eigenvalue weighted by Gasteiger charge is -2.45. The Morgan fingerprint density at radius 3 is 2.27 bits per heavy atom. The Kier molecular flexibility index (Phi) is 9.59. The fourth-order valence-electron chi connectivity index (χ4n) is 6.38. The number of amides is 2. The van der Waals surface area contributed by atoms with E-state index in [2.05, 4.69) is 32.6 Å². The second-order valence-electron chi connectivity index (χ2n) is 11.7. The highest BCUT2D eigenvalue weighted by molar-refractivity contribution is 6.76. The number of nitrogens with one attached hydrogen (secondary N) is 2. The Hall–Kier alpha value is -2.89. The van der Waals surface area contributed by atoms with Crippen LogP contribution >= 0.6 is 34.8 Å². The molecule has 3 aliphatic rings. The van der Waals surface area contributed by atoms with Gasteiger partial charge in [0.15, 0.2) is 6.29 Å². The zero-order valence-electron chi connectivity index (χ0n) is 24.5. The number of aliphatic hydroxyl groups excluding tert-OH is 1. The van der Waals surface area contributed by atoms with Crippen molar-refractivity contribution in [3.8, 4) is 0 Å². The Morgan fingerprint density at radius 1 is 0.956 bits per heavy atom. The molecule has 3 aromatic carbocycles. The fourth-order valence-corrected chi connectivity index (χ4v) is 6.53. The highest BCUT2D eigenvalue weighted by atomic mass is 35.6. The molecule has 3 aliphatic heterocycles. The molecule has 3 atom stereocenters. The van der Waals surface area contributed by atoms with Crippen molar-refractivity contribution < 1.29 is 24.2 Å². The number of piperidine rings is 1. The molecule has 45 heavy (non-hydrogen) atoms. The highest BCUT2D eigenvalue weighted by Crippen LogP contribution is 2.40. The number of alkyl halides is 3. The second kappa shape index (κ2) is 13.5. The van der Waals surface area contributed by atoms with E-state index in [9.17, 15) is 14.7 Å². The van der Waals surface area contributed by atoms with Gasteiger partial charge in [0.05, 0.1) is 25.5 Å². The van der Waals surface area contributed by atoms with Crippen molar-refractivity contribution in [1.29, 1.82) is 0 Å². The van der Waals surface area contributed by atoms with Gasteiger partial charge in [-0.25, -0.2) is 0 Å². The normalized spacial score (nSPS) is 23.6. The number of hydrogen-bond donors (Lipinski definition) is 3. The van der Waals surface area contributed by atoms with Gasteiger partial charge in [-0.3, -0.25) is 9.59 Å². The Balaban J connectivity index is 1.16. The first-order chi connectivity index (χ1) is 21.6. The van der Waals surface area contributed by atoms with Crippen LogP contribution in [0.25, 0.3) is 0 Å². The summed E-state index contributed by atoms with van der Waals surface area (Å²) >= 11 is 17.1. The molecule has 9 nitrogen and oxygen atoms in total. The number of nitrogens with zero attached hydrogens (tertiary/aromatic N) is 2. The lowest BCUT2D eigenvalue weighted by molar-refractivity contribution is -0.253. The monoisotopic (exact) mass is 672 g/mol. The van der Waals surface area contributed by atoms with Crippen molar-refractivity contribution in [1.82, 2.24) is 10.2 Å². The first-order valence-corrected chi connectivity index (χ1v) is 16.1. The molecule has 0 bridgehead atoms. The standard InChI is InChI=1S/C33H35Cl3N4O5/c34-33(35,36)31(43)38-25-12-10-24(11-13-25)29-44-27(18-28(45-29)23-8-6-22(20-41)7-9-23)19-39-16-14-32(15-17-39)30(42)37-21-40(32)26-4-2-1-3-5-26/h1-13,27-29,41H,14-21H2,(H,37,42)(H,38,43)/t27-,28+,29+/m0/s1. The molecule has 3 heterocycles. The van der Waals surface area contributed by atoms with E-state index in [0.717, 1.165) is 35.5 Å². The number of rotatable bonds is 7. The summed E-state index contributed by atoms with van der Waals surface area (Å²) in [4.78, 5) is 29.8. The van der Waals surface area contributed by atoms with Crippen LogP contribution in [0.15, 0.2) is 78.9 Å². The molecule has 1 spiro atoms. The Labute approximate surface area is 277 Å². The second-order valence-corrected chi connectivity index (χ2v) is 14.0. The molecule has 3 aromatic rings. The van der Waals surface area contributed by atoms with E-state index in [1.807, 2.05) is 54.6 Å². The van der Waals surface area contributed by atoms with Crippen LogP contribution in [-0.4, -0.2) is 63.6 Å². The van der Waals surface area contributed by atoms with Crippen molar-refractivity contribution in [2.24, 2.45) is 0 Å². The molecule has 3 saturated heterocycles. The average molecular weight is 674 g/mol. The summed E-state index contributed by atoms with van der Waals surface area (Å²) in [5.74, 6) is -0.657. The van der Waals surface area contributed by atoms with Gasteiger partial charge < -0.3 is 35.0 Å². The molecular weight excluding hydrogens is 639 g/mol. The van der Waals surface area contributed by atoms with Crippen LogP contribution in [0.5, 0.6) is 0 Å². The molecule has 0 unspecified atom stereocenters. The van der Waals surface area contributed by atoms with Gasteiger partial charge in [0.1, 0.15) is 5.54 Å². The molecule has 2 amide bonds. The van der Waals surface area contributed by atoms with Crippen LogP contribution in [0.4, 0.5) is 11.4 Å². The minimum atomic E-state index is -2.07. The molecule has 0 radical (unpaired) electrons. The van der Waals surface area contributed by atoms with E-state index in [0.29, 0.717) is 38.2 Å². The number of anilines is 2. The molecule has 12 heteroatoms. The third-order valence-corrected chi connectivity index (χ3v) is 9.38. The lowest BCUT2D eigenvalue weighted by Crippen LogP contribution is -2.57. The highest BCUT2D eigenvalue weighted by Gasteiger charge is 2.50. The Morgan fingerprint density at radius 2 is 1.62 bits per heavy atom. The zero-order valence-corrected chi connectivity index (χ0v) is 26.8. The number of aliphatic hydroxyl groups is 1. The van der Waals surface area contributed by atoms with Crippen LogP contribution in [0.3, 0.4) is 0 Å². The number of likely N-dealkylation sites (tertiary alicyclic amines) is 1. The third-order valence-electron chi connectivity index (χ3n) is 8.86. The van der Waals surface area contributed by atoms with Crippen LogP contribution < -0.4 is 15.5 Å². The van der Waals surface area contributed by atoms with Crippen molar-refractivity contribution in [2.45, 2.75) is 53.7 Å². The van der Waals surface area contributed by atoms with Gasteiger partial charge in [0.2, 0.25) is 5.91 Å². The summed E-state index contributed by atoms with van der Waals surface area (Å²) < 4.78 is 10.9. The molecule has 0 saturated carbocycles. The van der Waals surface area contributed by atoms with Gasteiger partial charge in [0.25, 0.3) is 9.70 Å². The summed E-state index contributed by atoms with van der Waals surface area (Å²) in [6.07, 6.45) is 1.03. The fraction of sp³-hybridized carbons (Fsp3) is 0.394. The molecule has 0 aliphatic carbocycles. The van der Waals surface area contributed by atoms with E-state index in [1.165, 1.54) is 0 Å². The molecule has 6 rings (SSSR count). The van der Waals surface area contributed by atoms with Gasteiger partial charge in [-0.1, -0.05) is 89.4 Å². The number of hydrogen-bond acceptors (Lipinski definition) is 7. The van der Waals surface area contributed by atoms with Gasteiger partial charge in [-0.05, 0) is 48.2 Å². The quantitative estimate of drug-likeness (QED) is 0.286. The molecular formula is C33H35Cl3N4O5. The third kappa shape index (κ3) is 7.10. The lowest BCUT2D eigenvalue weighted by atomic mass is 9.85. The van der Waals surface area contributed by atoms with Crippen molar-refractivity contribution >= 4 is 58.0 Å². The topological polar surface area (TPSA) is 103 Å².